The molecule has 4 heteroatoms. The summed E-state index contributed by atoms with van der Waals surface area (Å²) in [5, 5.41) is 0. The average molecular weight is 411 g/mol. The van der Waals surface area contributed by atoms with Crippen LogP contribution in [-0.2, 0) is 20.6 Å². The quantitative estimate of drug-likeness (QED) is 0.199. The van der Waals surface area contributed by atoms with E-state index in [1.54, 1.807) is 26.4 Å². The van der Waals surface area contributed by atoms with E-state index in [1.165, 1.54) is 38.2 Å². The maximum Gasteiger partial charge on any atom is 0.285 e. The zero-order valence-electron chi connectivity index (χ0n) is 19.3. The highest BCUT2D eigenvalue weighted by Crippen LogP contribution is 2.34. The molecule has 0 fully saturated rings. The molecule has 1 rings (SSSR count). The monoisotopic (exact) mass is 410 g/mol. The van der Waals surface area contributed by atoms with Gasteiger partial charge in [0.2, 0.25) is 0 Å². The van der Waals surface area contributed by atoms with Crippen LogP contribution >= 0.6 is 0 Å². The van der Waals surface area contributed by atoms with Crippen LogP contribution in [0.1, 0.15) is 90.5 Å². The minimum absolute atomic E-state index is 0.0225. The molecule has 29 heavy (non-hydrogen) atoms. The van der Waals surface area contributed by atoms with Crippen molar-refractivity contribution in [3.63, 3.8) is 0 Å². The van der Waals surface area contributed by atoms with Crippen LogP contribution in [0.3, 0.4) is 0 Å². The second kappa shape index (κ2) is 14.9. The van der Waals surface area contributed by atoms with E-state index in [0.29, 0.717) is 0 Å². The predicted octanol–water partition coefficient (Wildman–Crippen LogP) is 7.28. The molecular weight excluding hydrogens is 367 g/mol. The number of methoxy groups -OCH3 is 2. The number of rotatable bonds is 17. The molecule has 1 unspecified atom stereocenters. The molecule has 168 valence electrons. The molecule has 0 amide bonds. The molecule has 0 aliphatic heterocycles. The number of hydrogen-bond acceptors (Lipinski definition) is 3. The zero-order chi connectivity index (χ0) is 21.5. The minimum Gasteiger partial charge on any atom is -0.331 e. The molecular formula is C25H43FO3. The van der Waals surface area contributed by atoms with E-state index in [9.17, 15) is 4.39 Å². The summed E-state index contributed by atoms with van der Waals surface area (Å²) in [6, 6.07) is 6.90. The molecule has 0 saturated heterocycles. The van der Waals surface area contributed by atoms with Gasteiger partial charge in [0, 0.05) is 20.1 Å². The minimum atomic E-state index is -0.990. The molecule has 0 spiro atoms. The molecule has 0 heterocycles. The first kappa shape index (κ1) is 26.1. The van der Waals surface area contributed by atoms with E-state index in [-0.39, 0.29) is 17.8 Å². The Bertz CT molecular complexity index is 529. The SMILES string of the molecule is CCCCCCCCC(CCCCc1cccc(F)c1)C(OC)(OC)OC(C)C. The Morgan fingerprint density at radius 3 is 2.10 bits per heavy atom. The largest absolute Gasteiger partial charge is 0.331 e. The van der Waals surface area contributed by atoms with Crippen molar-refractivity contribution in [2.24, 2.45) is 5.92 Å². The van der Waals surface area contributed by atoms with Gasteiger partial charge in [0.05, 0.1) is 6.10 Å². The van der Waals surface area contributed by atoms with Crippen molar-refractivity contribution in [1.29, 1.82) is 0 Å². The van der Waals surface area contributed by atoms with E-state index < -0.39 is 5.97 Å². The first-order chi connectivity index (χ1) is 14.0. The Morgan fingerprint density at radius 1 is 0.897 bits per heavy atom. The van der Waals surface area contributed by atoms with Crippen molar-refractivity contribution >= 4 is 0 Å². The van der Waals surface area contributed by atoms with Gasteiger partial charge in [0.25, 0.3) is 5.97 Å². The fourth-order valence-electron chi connectivity index (χ4n) is 4.02. The van der Waals surface area contributed by atoms with Gasteiger partial charge in [-0.1, -0.05) is 64.0 Å². The highest BCUT2D eigenvalue weighted by molar-refractivity contribution is 5.16. The van der Waals surface area contributed by atoms with Crippen molar-refractivity contribution in [1.82, 2.24) is 0 Å². The Hall–Kier alpha value is -0.970. The highest BCUT2D eigenvalue weighted by atomic mass is 19.1. The van der Waals surface area contributed by atoms with Crippen LogP contribution in [-0.4, -0.2) is 26.3 Å². The predicted molar refractivity (Wildman–Crippen MR) is 118 cm³/mol. The van der Waals surface area contributed by atoms with Crippen LogP contribution in [0.5, 0.6) is 0 Å². The topological polar surface area (TPSA) is 27.7 Å². The van der Waals surface area contributed by atoms with Gasteiger partial charge in [-0.05, 0) is 57.2 Å². The Balaban J connectivity index is 2.62. The van der Waals surface area contributed by atoms with Crippen molar-refractivity contribution < 1.29 is 18.6 Å². The lowest BCUT2D eigenvalue weighted by Crippen LogP contribution is -2.46. The van der Waals surface area contributed by atoms with Crippen LogP contribution in [0.4, 0.5) is 4.39 Å². The van der Waals surface area contributed by atoms with Crippen LogP contribution in [0.15, 0.2) is 24.3 Å². The number of ether oxygens (including phenoxy) is 3. The zero-order valence-corrected chi connectivity index (χ0v) is 19.3. The molecule has 1 atom stereocenters. The molecule has 0 saturated carbocycles. The van der Waals surface area contributed by atoms with Crippen LogP contribution in [0, 0.1) is 11.7 Å². The summed E-state index contributed by atoms with van der Waals surface area (Å²) >= 11 is 0. The lowest BCUT2D eigenvalue weighted by molar-refractivity contribution is -0.399. The Kier molecular flexibility index (Phi) is 13.4. The summed E-state index contributed by atoms with van der Waals surface area (Å²) in [5.74, 6) is -0.971. The first-order valence-electron chi connectivity index (χ1n) is 11.5. The van der Waals surface area contributed by atoms with Gasteiger partial charge in [-0.2, -0.15) is 0 Å². The van der Waals surface area contributed by atoms with Crippen molar-refractivity contribution in [3.8, 4) is 0 Å². The number of benzene rings is 1. The summed E-state index contributed by atoms with van der Waals surface area (Å²) in [5.41, 5.74) is 1.06. The van der Waals surface area contributed by atoms with Crippen molar-refractivity contribution in [2.45, 2.75) is 103 Å². The van der Waals surface area contributed by atoms with Gasteiger partial charge in [-0.3, -0.25) is 0 Å². The standard InChI is InChI=1S/C25H43FO3/c1-6-7-8-9-10-11-17-23(25(27-4,28-5)29-21(2)3)18-13-12-15-22-16-14-19-24(26)20-22/h14,16,19-21,23H,6-13,15,17-18H2,1-5H3. The third-order valence-electron chi connectivity index (χ3n) is 5.53. The van der Waals surface area contributed by atoms with E-state index in [4.69, 9.17) is 14.2 Å². The van der Waals surface area contributed by atoms with Crippen LogP contribution < -0.4 is 0 Å². The lowest BCUT2D eigenvalue weighted by Gasteiger charge is -2.39. The molecule has 0 aromatic heterocycles. The summed E-state index contributed by atoms with van der Waals surface area (Å²) in [6.07, 6.45) is 12.6. The summed E-state index contributed by atoms with van der Waals surface area (Å²) in [6.45, 7) is 6.27. The Labute approximate surface area is 178 Å². The van der Waals surface area contributed by atoms with Gasteiger partial charge < -0.3 is 14.2 Å². The van der Waals surface area contributed by atoms with Crippen molar-refractivity contribution in [3.05, 3.63) is 35.6 Å². The van der Waals surface area contributed by atoms with E-state index in [1.807, 2.05) is 19.9 Å². The molecule has 0 radical (unpaired) electrons. The number of unbranched alkanes of at least 4 members (excludes halogenated alkanes) is 6. The second-order valence-electron chi connectivity index (χ2n) is 8.31. The Morgan fingerprint density at radius 2 is 1.52 bits per heavy atom. The van der Waals surface area contributed by atoms with Gasteiger partial charge in [-0.15, -0.1) is 0 Å². The van der Waals surface area contributed by atoms with E-state index >= 15 is 0 Å². The smallest absolute Gasteiger partial charge is 0.285 e. The highest BCUT2D eigenvalue weighted by Gasteiger charge is 2.41. The number of hydrogen-bond donors (Lipinski definition) is 0. The first-order valence-corrected chi connectivity index (χ1v) is 11.5. The van der Waals surface area contributed by atoms with Crippen molar-refractivity contribution in [2.75, 3.05) is 14.2 Å². The molecule has 0 aliphatic rings. The molecule has 0 bridgehead atoms. The fourth-order valence-corrected chi connectivity index (χ4v) is 4.02. The maximum atomic E-state index is 13.4. The van der Waals surface area contributed by atoms with Gasteiger partial charge in [0.1, 0.15) is 5.82 Å². The van der Waals surface area contributed by atoms with Gasteiger partial charge >= 0.3 is 0 Å². The number of halogens is 1. The van der Waals surface area contributed by atoms with E-state index in [2.05, 4.69) is 6.92 Å². The fraction of sp³-hybridized carbons (Fsp3) is 0.760. The molecule has 1 aromatic carbocycles. The summed E-state index contributed by atoms with van der Waals surface area (Å²) in [7, 11) is 3.35. The number of aryl methyl sites for hydroxylation is 1. The molecule has 3 nitrogen and oxygen atoms in total. The van der Waals surface area contributed by atoms with E-state index in [0.717, 1.165) is 44.1 Å². The second-order valence-corrected chi connectivity index (χ2v) is 8.31. The van der Waals surface area contributed by atoms with Crippen LogP contribution in [0.25, 0.3) is 0 Å². The molecule has 1 aromatic rings. The van der Waals surface area contributed by atoms with Gasteiger partial charge in [-0.25, -0.2) is 4.39 Å². The molecule has 0 aliphatic carbocycles. The van der Waals surface area contributed by atoms with Crippen LogP contribution in [0.2, 0.25) is 0 Å². The summed E-state index contributed by atoms with van der Waals surface area (Å²) in [4.78, 5) is 0. The third kappa shape index (κ3) is 10.1. The third-order valence-corrected chi connectivity index (χ3v) is 5.53. The lowest BCUT2D eigenvalue weighted by atomic mass is 9.91. The van der Waals surface area contributed by atoms with Gasteiger partial charge in [0.15, 0.2) is 0 Å². The summed E-state index contributed by atoms with van der Waals surface area (Å²) < 4.78 is 31.1. The normalized spacial score (nSPS) is 13.2. The maximum absolute atomic E-state index is 13.4. The molecule has 0 N–H and O–H groups in total. The average Bonchev–Trinajstić information content (AvgIpc) is 2.70.